The van der Waals surface area contributed by atoms with Crippen LogP contribution < -0.4 is 4.74 Å². The van der Waals surface area contributed by atoms with E-state index in [1.807, 2.05) is 6.92 Å². The number of aromatic carboxylic acids is 1. The Bertz CT molecular complexity index is 525. The van der Waals surface area contributed by atoms with E-state index in [2.05, 4.69) is 0 Å². The van der Waals surface area contributed by atoms with Gasteiger partial charge in [0, 0.05) is 5.39 Å². The molecule has 0 fully saturated rings. The Morgan fingerprint density at radius 1 is 1.47 bits per heavy atom. The molecule has 0 saturated carbocycles. The van der Waals surface area contributed by atoms with E-state index in [-0.39, 0.29) is 5.56 Å². The van der Waals surface area contributed by atoms with Crippen molar-refractivity contribution in [2.75, 3.05) is 7.11 Å². The molecule has 0 unspecified atom stereocenters. The maximum Gasteiger partial charge on any atom is 0.335 e. The lowest BCUT2D eigenvalue weighted by molar-refractivity contribution is 0.0696. The summed E-state index contributed by atoms with van der Waals surface area (Å²) in [7, 11) is 1.48. The van der Waals surface area contributed by atoms with Gasteiger partial charge in [0.15, 0.2) is 11.3 Å². The molecule has 4 nitrogen and oxygen atoms in total. The number of methoxy groups -OCH3 is 1. The number of aryl methyl sites for hydroxylation is 1. The summed E-state index contributed by atoms with van der Waals surface area (Å²) >= 11 is 0. The van der Waals surface area contributed by atoms with Crippen LogP contribution >= 0.6 is 0 Å². The Morgan fingerprint density at radius 3 is 2.80 bits per heavy atom. The summed E-state index contributed by atoms with van der Waals surface area (Å²) in [5.41, 5.74) is 1.68. The lowest BCUT2D eigenvalue weighted by atomic mass is 10.1. The maximum atomic E-state index is 10.9. The van der Waals surface area contributed by atoms with Gasteiger partial charge < -0.3 is 14.3 Å². The van der Waals surface area contributed by atoms with Crippen LogP contribution in [0.2, 0.25) is 0 Å². The molecule has 1 aromatic carbocycles. The lowest BCUT2D eigenvalue weighted by Gasteiger charge is -2.02. The summed E-state index contributed by atoms with van der Waals surface area (Å²) in [6.07, 6.45) is 1.58. The molecule has 1 N–H and O–H groups in total. The monoisotopic (exact) mass is 206 g/mol. The van der Waals surface area contributed by atoms with E-state index in [4.69, 9.17) is 14.3 Å². The van der Waals surface area contributed by atoms with Crippen LogP contribution in [0.4, 0.5) is 0 Å². The van der Waals surface area contributed by atoms with Gasteiger partial charge in [-0.25, -0.2) is 4.79 Å². The van der Waals surface area contributed by atoms with Crippen molar-refractivity contribution in [2.24, 2.45) is 0 Å². The van der Waals surface area contributed by atoms with Crippen molar-refractivity contribution >= 4 is 16.9 Å². The average Bonchev–Trinajstić information content (AvgIpc) is 2.59. The third-order valence-electron chi connectivity index (χ3n) is 2.30. The Morgan fingerprint density at radius 2 is 2.20 bits per heavy atom. The van der Waals surface area contributed by atoms with Crippen molar-refractivity contribution in [2.45, 2.75) is 6.92 Å². The molecule has 4 heteroatoms. The second-order valence-corrected chi connectivity index (χ2v) is 3.28. The molecule has 0 atom stereocenters. The normalized spacial score (nSPS) is 10.5. The zero-order valence-corrected chi connectivity index (χ0v) is 8.40. The Balaban J connectivity index is 2.79. The first kappa shape index (κ1) is 9.58. The van der Waals surface area contributed by atoms with Crippen molar-refractivity contribution in [1.29, 1.82) is 0 Å². The van der Waals surface area contributed by atoms with Crippen LogP contribution in [0.1, 0.15) is 15.9 Å². The Hall–Kier alpha value is -1.97. The molecule has 1 heterocycles. The highest BCUT2D eigenvalue weighted by molar-refractivity contribution is 5.96. The van der Waals surface area contributed by atoms with E-state index in [1.165, 1.54) is 13.2 Å². The van der Waals surface area contributed by atoms with E-state index in [0.29, 0.717) is 11.3 Å². The van der Waals surface area contributed by atoms with Crippen LogP contribution in [0, 0.1) is 6.92 Å². The number of hydrogen-bond acceptors (Lipinski definition) is 3. The first-order valence-corrected chi connectivity index (χ1v) is 4.42. The van der Waals surface area contributed by atoms with Crippen molar-refractivity contribution in [1.82, 2.24) is 0 Å². The van der Waals surface area contributed by atoms with Gasteiger partial charge in [-0.05, 0) is 24.6 Å². The molecule has 78 valence electrons. The molecule has 0 bridgehead atoms. The van der Waals surface area contributed by atoms with Crippen LogP contribution in [0.5, 0.6) is 5.75 Å². The molecule has 15 heavy (non-hydrogen) atoms. The van der Waals surface area contributed by atoms with Gasteiger partial charge in [-0.1, -0.05) is 0 Å². The van der Waals surface area contributed by atoms with Gasteiger partial charge in [0.05, 0.1) is 18.9 Å². The minimum absolute atomic E-state index is 0.198. The van der Waals surface area contributed by atoms with Crippen LogP contribution in [-0.2, 0) is 0 Å². The summed E-state index contributed by atoms with van der Waals surface area (Å²) in [6.45, 7) is 1.86. The summed E-state index contributed by atoms with van der Waals surface area (Å²) in [5.74, 6) is -0.534. The second kappa shape index (κ2) is 3.31. The summed E-state index contributed by atoms with van der Waals surface area (Å²) in [6, 6.07) is 3.03. The van der Waals surface area contributed by atoms with Gasteiger partial charge in [0.1, 0.15) is 0 Å². The molecular formula is C11H10O4. The molecule has 0 aliphatic carbocycles. The van der Waals surface area contributed by atoms with Gasteiger partial charge in [-0.3, -0.25) is 0 Å². The number of rotatable bonds is 2. The number of carbonyl (C=O) groups is 1. The fourth-order valence-electron chi connectivity index (χ4n) is 1.50. The average molecular weight is 206 g/mol. The van der Waals surface area contributed by atoms with Gasteiger partial charge in [-0.15, -0.1) is 0 Å². The summed E-state index contributed by atoms with van der Waals surface area (Å²) in [4.78, 5) is 10.9. The van der Waals surface area contributed by atoms with Crippen molar-refractivity contribution in [3.63, 3.8) is 0 Å². The highest BCUT2D eigenvalue weighted by Gasteiger charge is 2.13. The number of fused-ring (bicyclic) bond motifs is 1. The van der Waals surface area contributed by atoms with E-state index < -0.39 is 5.97 Å². The number of carboxylic acids is 1. The molecule has 0 radical (unpaired) electrons. The number of furan rings is 1. The van der Waals surface area contributed by atoms with Crippen molar-refractivity contribution in [3.8, 4) is 5.75 Å². The molecule has 2 aromatic rings. The molecular weight excluding hydrogens is 196 g/mol. The van der Waals surface area contributed by atoms with Crippen LogP contribution in [0.25, 0.3) is 11.0 Å². The van der Waals surface area contributed by atoms with Crippen LogP contribution in [0.15, 0.2) is 22.8 Å². The maximum absolute atomic E-state index is 10.9. The van der Waals surface area contributed by atoms with Gasteiger partial charge in [0.2, 0.25) is 0 Å². The van der Waals surface area contributed by atoms with Crippen LogP contribution in [-0.4, -0.2) is 18.2 Å². The minimum atomic E-state index is -0.976. The number of ether oxygens (including phenoxy) is 1. The number of carboxylic acid groups (broad SMARTS) is 1. The third kappa shape index (κ3) is 1.44. The van der Waals surface area contributed by atoms with Gasteiger partial charge in [0.25, 0.3) is 0 Å². The molecule has 0 aliphatic heterocycles. The van der Waals surface area contributed by atoms with Crippen molar-refractivity contribution in [3.05, 3.63) is 29.5 Å². The Kier molecular flexibility index (Phi) is 2.11. The zero-order valence-electron chi connectivity index (χ0n) is 8.40. The summed E-state index contributed by atoms with van der Waals surface area (Å²) < 4.78 is 10.4. The van der Waals surface area contributed by atoms with E-state index in [9.17, 15) is 4.79 Å². The van der Waals surface area contributed by atoms with Crippen molar-refractivity contribution < 1.29 is 19.1 Å². The second-order valence-electron chi connectivity index (χ2n) is 3.28. The predicted molar refractivity (Wildman–Crippen MR) is 54.5 cm³/mol. The quantitative estimate of drug-likeness (QED) is 0.819. The van der Waals surface area contributed by atoms with Crippen LogP contribution in [0.3, 0.4) is 0 Å². The smallest absolute Gasteiger partial charge is 0.335 e. The Labute approximate surface area is 86.1 Å². The molecule has 2 rings (SSSR count). The first-order chi connectivity index (χ1) is 7.13. The topological polar surface area (TPSA) is 59.7 Å². The molecule has 1 aromatic heterocycles. The molecule has 0 spiro atoms. The standard InChI is InChI=1S/C11H10O4/c1-6-5-15-10-8(6)3-7(11(12)13)4-9(10)14-2/h3-5H,1-2H3,(H,12,13). The number of hydrogen-bond donors (Lipinski definition) is 1. The number of benzene rings is 1. The highest BCUT2D eigenvalue weighted by atomic mass is 16.5. The largest absolute Gasteiger partial charge is 0.493 e. The fraction of sp³-hybridized carbons (Fsp3) is 0.182. The summed E-state index contributed by atoms with van der Waals surface area (Å²) in [5, 5.41) is 9.68. The fourth-order valence-corrected chi connectivity index (χ4v) is 1.50. The SMILES string of the molecule is COc1cc(C(=O)O)cc2c(C)coc12. The third-order valence-corrected chi connectivity index (χ3v) is 2.30. The van der Waals surface area contributed by atoms with E-state index in [0.717, 1.165) is 10.9 Å². The predicted octanol–water partition coefficient (Wildman–Crippen LogP) is 2.45. The van der Waals surface area contributed by atoms with Gasteiger partial charge >= 0.3 is 5.97 Å². The lowest BCUT2D eigenvalue weighted by Crippen LogP contribution is -1.97. The van der Waals surface area contributed by atoms with E-state index in [1.54, 1.807) is 12.3 Å². The minimum Gasteiger partial charge on any atom is -0.493 e. The highest BCUT2D eigenvalue weighted by Crippen LogP contribution is 2.30. The molecule has 0 amide bonds. The zero-order chi connectivity index (χ0) is 11.0. The molecule has 0 saturated heterocycles. The first-order valence-electron chi connectivity index (χ1n) is 4.42. The van der Waals surface area contributed by atoms with Gasteiger partial charge in [-0.2, -0.15) is 0 Å². The van der Waals surface area contributed by atoms with E-state index >= 15 is 0 Å². The molecule has 0 aliphatic rings.